The molecule has 0 spiro atoms. The highest BCUT2D eigenvalue weighted by atomic mass is 14.7. The lowest BCUT2D eigenvalue weighted by Gasteiger charge is -2.22. The normalized spacial score (nSPS) is 11.3. The van der Waals surface area contributed by atoms with Crippen molar-refractivity contribution in [1.82, 2.24) is 4.98 Å². The van der Waals surface area contributed by atoms with Crippen LogP contribution >= 0.6 is 0 Å². The summed E-state index contributed by atoms with van der Waals surface area (Å²) >= 11 is 0. The van der Waals surface area contributed by atoms with Gasteiger partial charge in [0.25, 0.3) is 0 Å². The quantitative estimate of drug-likeness (QED) is 0.778. The first-order valence-corrected chi connectivity index (χ1v) is 5.21. The van der Waals surface area contributed by atoms with E-state index in [0.717, 1.165) is 19.3 Å². The van der Waals surface area contributed by atoms with Gasteiger partial charge in [-0.2, -0.15) is 5.26 Å². The maximum Gasteiger partial charge on any atom is 0.0693 e. The molecule has 76 valence electrons. The standard InChI is InChI=1S/C12H18N2/c1-4-12(5-2,9-13)8-11-7-6-10(3)14-11/h6-7,14H,4-5,8H2,1-3H3. The molecule has 0 amide bonds. The molecule has 0 aliphatic carbocycles. The average molecular weight is 190 g/mol. The molecule has 0 aromatic carbocycles. The molecule has 0 fully saturated rings. The molecule has 0 radical (unpaired) electrons. The third-order valence-electron chi connectivity index (χ3n) is 3.01. The Morgan fingerprint density at radius 3 is 2.36 bits per heavy atom. The lowest BCUT2D eigenvalue weighted by Crippen LogP contribution is -2.19. The number of aromatic nitrogens is 1. The van der Waals surface area contributed by atoms with E-state index in [1.54, 1.807) is 0 Å². The van der Waals surface area contributed by atoms with E-state index in [1.165, 1.54) is 11.4 Å². The van der Waals surface area contributed by atoms with Gasteiger partial charge in [0.05, 0.1) is 11.5 Å². The summed E-state index contributed by atoms with van der Waals surface area (Å²) in [5.41, 5.74) is 2.16. The van der Waals surface area contributed by atoms with Gasteiger partial charge in [-0.25, -0.2) is 0 Å². The Bertz CT molecular complexity index is 326. The van der Waals surface area contributed by atoms with Crippen molar-refractivity contribution in [3.05, 3.63) is 23.5 Å². The van der Waals surface area contributed by atoms with Gasteiger partial charge in [-0.3, -0.25) is 0 Å². The minimum absolute atomic E-state index is 0.183. The summed E-state index contributed by atoms with van der Waals surface area (Å²) in [6.45, 7) is 6.21. The first-order chi connectivity index (χ1) is 6.65. The number of nitrogens with zero attached hydrogens (tertiary/aromatic N) is 1. The Hall–Kier alpha value is -1.23. The predicted molar refractivity (Wildman–Crippen MR) is 57.9 cm³/mol. The monoisotopic (exact) mass is 190 g/mol. The minimum atomic E-state index is -0.183. The molecular formula is C12H18N2. The molecule has 1 rings (SSSR count). The Morgan fingerprint density at radius 1 is 1.36 bits per heavy atom. The number of hydrogen-bond donors (Lipinski definition) is 1. The van der Waals surface area contributed by atoms with Crippen molar-refractivity contribution in [3.8, 4) is 6.07 Å². The molecule has 2 nitrogen and oxygen atoms in total. The molecule has 14 heavy (non-hydrogen) atoms. The van der Waals surface area contributed by atoms with Gasteiger partial charge in [0, 0.05) is 17.8 Å². The first-order valence-electron chi connectivity index (χ1n) is 5.21. The van der Waals surface area contributed by atoms with Crippen LogP contribution in [0.5, 0.6) is 0 Å². The van der Waals surface area contributed by atoms with Gasteiger partial charge in [0.2, 0.25) is 0 Å². The molecular weight excluding hydrogens is 172 g/mol. The maximum absolute atomic E-state index is 9.18. The van der Waals surface area contributed by atoms with E-state index in [0.29, 0.717) is 0 Å². The molecule has 2 heteroatoms. The van der Waals surface area contributed by atoms with Crippen LogP contribution in [0.25, 0.3) is 0 Å². The number of nitriles is 1. The average Bonchev–Trinajstić information content (AvgIpc) is 2.61. The zero-order valence-corrected chi connectivity index (χ0v) is 9.22. The van der Waals surface area contributed by atoms with Crippen molar-refractivity contribution < 1.29 is 0 Å². The molecule has 1 N–H and O–H groups in total. The van der Waals surface area contributed by atoms with Gasteiger partial charge >= 0.3 is 0 Å². The van der Waals surface area contributed by atoms with Crippen molar-refractivity contribution in [2.24, 2.45) is 5.41 Å². The molecule has 0 saturated carbocycles. The van der Waals surface area contributed by atoms with Gasteiger partial charge in [-0.15, -0.1) is 0 Å². The fourth-order valence-corrected chi connectivity index (χ4v) is 1.73. The van der Waals surface area contributed by atoms with Crippen LogP contribution < -0.4 is 0 Å². The number of H-pyrrole nitrogens is 1. The Labute approximate surface area is 86.0 Å². The lowest BCUT2D eigenvalue weighted by molar-refractivity contribution is 0.360. The zero-order valence-electron chi connectivity index (χ0n) is 9.22. The molecule has 0 bridgehead atoms. The third kappa shape index (κ3) is 2.17. The van der Waals surface area contributed by atoms with Crippen molar-refractivity contribution in [2.45, 2.75) is 40.0 Å². The van der Waals surface area contributed by atoms with E-state index in [-0.39, 0.29) is 5.41 Å². The Balaban J connectivity index is 2.80. The Kier molecular flexibility index (Phi) is 3.35. The molecule has 0 atom stereocenters. The van der Waals surface area contributed by atoms with Gasteiger partial charge in [0.1, 0.15) is 0 Å². The minimum Gasteiger partial charge on any atom is -0.362 e. The topological polar surface area (TPSA) is 39.6 Å². The van der Waals surface area contributed by atoms with Crippen LogP contribution in [0.1, 0.15) is 38.1 Å². The molecule has 0 aliphatic rings. The van der Waals surface area contributed by atoms with E-state index in [9.17, 15) is 5.26 Å². The van der Waals surface area contributed by atoms with Crippen LogP contribution in [0, 0.1) is 23.7 Å². The number of aryl methyl sites for hydroxylation is 1. The van der Waals surface area contributed by atoms with Crippen LogP contribution in [0.3, 0.4) is 0 Å². The van der Waals surface area contributed by atoms with E-state index < -0.39 is 0 Å². The van der Waals surface area contributed by atoms with Crippen LogP contribution in [0.15, 0.2) is 12.1 Å². The molecule has 1 aromatic rings. The highest BCUT2D eigenvalue weighted by Crippen LogP contribution is 2.29. The highest BCUT2D eigenvalue weighted by Gasteiger charge is 2.26. The number of nitrogens with one attached hydrogen (secondary N) is 1. The van der Waals surface area contributed by atoms with Crippen LogP contribution in [-0.2, 0) is 6.42 Å². The number of aromatic amines is 1. The van der Waals surface area contributed by atoms with E-state index in [1.807, 2.05) is 6.92 Å². The summed E-state index contributed by atoms with van der Waals surface area (Å²) in [7, 11) is 0. The summed E-state index contributed by atoms with van der Waals surface area (Å²) < 4.78 is 0. The maximum atomic E-state index is 9.18. The van der Waals surface area contributed by atoms with Crippen molar-refractivity contribution in [2.75, 3.05) is 0 Å². The molecule has 0 unspecified atom stereocenters. The summed E-state index contributed by atoms with van der Waals surface area (Å²) in [6.07, 6.45) is 2.67. The molecule has 0 aliphatic heterocycles. The fourth-order valence-electron chi connectivity index (χ4n) is 1.73. The van der Waals surface area contributed by atoms with Crippen LogP contribution in [0.4, 0.5) is 0 Å². The smallest absolute Gasteiger partial charge is 0.0693 e. The molecule has 1 heterocycles. The van der Waals surface area contributed by atoms with Crippen LogP contribution in [-0.4, -0.2) is 4.98 Å². The summed E-state index contributed by atoms with van der Waals surface area (Å²) in [5.74, 6) is 0. The number of hydrogen-bond acceptors (Lipinski definition) is 1. The fraction of sp³-hybridized carbons (Fsp3) is 0.583. The lowest BCUT2D eigenvalue weighted by atomic mass is 9.80. The molecule has 1 aromatic heterocycles. The first kappa shape index (κ1) is 10.8. The van der Waals surface area contributed by atoms with Crippen molar-refractivity contribution in [3.63, 3.8) is 0 Å². The zero-order chi connectivity index (χ0) is 10.6. The third-order valence-corrected chi connectivity index (χ3v) is 3.01. The largest absolute Gasteiger partial charge is 0.362 e. The van der Waals surface area contributed by atoms with E-state index >= 15 is 0 Å². The molecule has 0 saturated heterocycles. The SMILES string of the molecule is CCC(C#N)(CC)Cc1ccc(C)[nH]1. The summed E-state index contributed by atoms with van der Waals surface area (Å²) in [5, 5.41) is 9.18. The van der Waals surface area contributed by atoms with Crippen molar-refractivity contribution in [1.29, 1.82) is 5.26 Å². The second kappa shape index (κ2) is 4.32. The van der Waals surface area contributed by atoms with Gasteiger partial charge in [-0.1, -0.05) is 13.8 Å². The van der Waals surface area contributed by atoms with E-state index in [4.69, 9.17) is 0 Å². The van der Waals surface area contributed by atoms with Gasteiger partial charge in [-0.05, 0) is 31.9 Å². The predicted octanol–water partition coefficient (Wildman–Crippen LogP) is 3.20. The van der Waals surface area contributed by atoms with E-state index in [2.05, 4.69) is 37.0 Å². The summed E-state index contributed by atoms with van der Waals surface area (Å²) in [4.78, 5) is 3.28. The number of rotatable bonds is 4. The van der Waals surface area contributed by atoms with Crippen LogP contribution in [0.2, 0.25) is 0 Å². The summed E-state index contributed by atoms with van der Waals surface area (Å²) in [6, 6.07) is 6.59. The van der Waals surface area contributed by atoms with Gasteiger partial charge < -0.3 is 4.98 Å². The second-order valence-corrected chi connectivity index (χ2v) is 3.94. The second-order valence-electron chi connectivity index (χ2n) is 3.94. The van der Waals surface area contributed by atoms with Gasteiger partial charge in [0.15, 0.2) is 0 Å². The highest BCUT2D eigenvalue weighted by molar-refractivity contribution is 5.16. The Morgan fingerprint density at radius 2 is 2.00 bits per heavy atom. The van der Waals surface area contributed by atoms with Crippen molar-refractivity contribution >= 4 is 0 Å².